The Hall–Kier alpha value is -0.520. The lowest BCUT2D eigenvalue weighted by Crippen LogP contribution is -2.13. The summed E-state index contributed by atoms with van der Waals surface area (Å²) in [5.74, 6) is 4.29. The van der Waals surface area contributed by atoms with Crippen LogP contribution in [0.5, 0.6) is 0 Å². The monoisotopic (exact) mass is 332 g/mol. The van der Waals surface area contributed by atoms with Gasteiger partial charge in [0, 0.05) is 5.92 Å². The molecule has 4 unspecified atom stereocenters. The quantitative estimate of drug-likeness (QED) is 0.334. The van der Waals surface area contributed by atoms with Crippen molar-refractivity contribution in [1.82, 2.24) is 0 Å². The van der Waals surface area contributed by atoms with Crippen molar-refractivity contribution in [3.05, 3.63) is 22.8 Å². The molecule has 1 rings (SSSR count). The Morgan fingerprint density at radius 1 is 1.04 bits per heavy atom. The van der Waals surface area contributed by atoms with Gasteiger partial charge >= 0.3 is 0 Å². The fourth-order valence-corrected chi connectivity index (χ4v) is 4.09. The number of allylic oxidation sites excluding steroid dienone is 4. The van der Waals surface area contributed by atoms with Gasteiger partial charge in [0.25, 0.3) is 0 Å². The van der Waals surface area contributed by atoms with Gasteiger partial charge in [-0.2, -0.15) is 0 Å². The second-order valence-corrected chi connectivity index (χ2v) is 9.10. The van der Waals surface area contributed by atoms with Crippen molar-refractivity contribution < 1.29 is 0 Å². The molecule has 0 saturated heterocycles. The van der Waals surface area contributed by atoms with E-state index in [2.05, 4.69) is 61.5 Å². The largest absolute Gasteiger partial charge is 0.0881 e. The van der Waals surface area contributed by atoms with E-state index >= 15 is 0 Å². The number of hydrogen-bond donors (Lipinski definition) is 0. The molecule has 1 aliphatic carbocycles. The van der Waals surface area contributed by atoms with E-state index in [1.54, 1.807) is 16.7 Å². The number of hydrogen-bond acceptors (Lipinski definition) is 0. The fourth-order valence-electron chi connectivity index (χ4n) is 4.09. The highest BCUT2D eigenvalue weighted by atomic mass is 14.4. The first-order valence-corrected chi connectivity index (χ1v) is 10.6. The van der Waals surface area contributed by atoms with Gasteiger partial charge in [-0.15, -0.1) is 0 Å². The van der Waals surface area contributed by atoms with Crippen LogP contribution in [0.1, 0.15) is 100 Å². The van der Waals surface area contributed by atoms with E-state index in [9.17, 15) is 0 Å². The first kappa shape index (κ1) is 21.5. The van der Waals surface area contributed by atoms with Crippen molar-refractivity contribution in [3.8, 4) is 0 Å². The van der Waals surface area contributed by atoms with Gasteiger partial charge in [-0.3, -0.25) is 0 Å². The lowest BCUT2D eigenvalue weighted by molar-refractivity contribution is 0.293. The smallest absolute Gasteiger partial charge is 0.00445 e. The van der Waals surface area contributed by atoms with Crippen molar-refractivity contribution in [2.75, 3.05) is 0 Å². The summed E-state index contributed by atoms with van der Waals surface area (Å²) in [5, 5.41) is 0. The first-order chi connectivity index (χ1) is 11.3. The van der Waals surface area contributed by atoms with Crippen LogP contribution >= 0.6 is 0 Å². The van der Waals surface area contributed by atoms with Crippen LogP contribution in [0.3, 0.4) is 0 Å². The van der Waals surface area contributed by atoms with Crippen LogP contribution in [0.25, 0.3) is 0 Å². The van der Waals surface area contributed by atoms with Crippen molar-refractivity contribution >= 4 is 0 Å². The lowest BCUT2D eigenvalue weighted by atomic mass is 9.81. The normalized spacial score (nSPS) is 24.0. The number of rotatable bonds is 11. The molecule has 1 saturated carbocycles. The summed E-state index contributed by atoms with van der Waals surface area (Å²) in [6.07, 6.45) is 11.9. The van der Waals surface area contributed by atoms with E-state index in [1.807, 2.05) is 0 Å². The van der Waals surface area contributed by atoms with E-state index in [0.717, 1.165) is 29.6 Å². The predicted octanol–water partition coefficient (Wildman–Crippen LogP) is 8.19. The van der Waals surface area contributed by atoms with Gasteiger partial charge < -0.3 is 0 Å². The van der Waals surface area contributed by atoms with Crippen LogP contribution in [0.15, 0.2) is 22.8 Å². The summed E-state index contributed by atoms with van der Waals surface area (Å²) >= 11 is 0. The maximum Gasteiger partial charge on any atom is 0.00445 e. The Labute approximate surface area is 153 Å². The van der Waals surface area contributed by atoms with Crippen LogP contribution in [-0.2, 0) is 0 Å². The van der Waals surface area contributed by atoms with Gasteiger partial charge in [0.2, 0.25) is 0 Å². The molecular formula is C24H44. The molecule has 0 aliphatic heterocycles. The van der Waals surface area contributed by atoms with Gasteiger partial charge in [0.05, 0.1) is 0 Å². The summed E-state index contributed by atoms with van der Waals surface area (Å²) in [6.45, 7) is 18.9. The summed E-state index contributed by atoms with van der Waals surface area (Å²) < 4.78 is 0. The molecule has 0 nitrogen and oxygen atoms in total. The zero-order valence-electron chi connectivity index (χ0n) is 17.9. The molecule has 4 atom stereocenters. The SMILES string of the molecule is CC=C(C)C1CC1=C(C)CC(CC)C(C)CCC(C)CCC(C)C. The van der Waals surface area contributed by atoms with Gasteiger partial charge in [0.1, 0.15) is 0 Å². The molecule has 140 valence electrons. The Morgan fingerprint density at radius 3 is 2.21 bits per heavy atom. The molecule has 0 heterocycles. The Bertz CT molecular complexity index is 423. The minimum Gasteiger partial charge on any atom is -0.0881 e. The highest BCUT2D eigenvalue weighted by molar-refractivity contribution is 5.37. The maximum atomic E-state index is 2.50. The molecule has 0 aromatic heterocycles. The minimum atomic E-state index is 0.791. The second kappa shape index (κ2) is 10.5. The molecule has 0 amide bonds. The van der Waals surface area contributed by atoms with E-state index < -0.39 is 0 Å². The van der Waals surface area contributed by atoms with Gasteiger partial charge in [-0.05, 0) is 57.3 Å². The second-order valence-electron chi connectivity index (χ2n) is 9.10. The summed E-state index contributed by atoms with van der Waals surface area (Å²) in [7, 11) is 0. The molecule has 0 N–H and O–H groups in total. The Balaban J connectivity index is 2.44. The van der Waals surface area contributed by atoms with Crippen LogP contribution in [0.4, 0.5) is 0 Å². The van der Waals surface area contributed by atoms with E-state index in [0.29, 0.717) is 0 Å². The molecule has 0 spiro atoms. The predicted molar refractivity (Wildman–Crippen MR) is 110 cm³/mol. The molecule has 0 bridgehead atoms. The van der Waals surface area contributed by atoms with E-state index in [4.69, 9.17) is 0 Å². The van der Waals surface area contributed by atoms with Crippen LogP contribution < -0.4 is 0 Å². The highest BCUT2D eigenvalue weighted by Crippen LogP contribution is 2.47. The third kappa shape index (κ3) is 7.16. The molecule has 0 aromatic rings. The lowest BCUT2D eigenvalue weighted by Gasteiger charge is -2.25. The topological polar surface area (TPSA) is 0 Å². The minimum absolute atomic E-state index is 0.791. The maximum absolute atomic E-state index is 2.50. The average molecular weight is 333 g/mol. The van der Waals surface area contributed by atoms with Crippen molar-refractivity contribution in [3.63, 3.8) is 0 Å². The van der Waals surface area contributed by atoms with Crippen LogP contribution in [0.2, 0.25) is 0 Å². The van der Waals surface area contributed by atoms with Gasteiger partial charge in [-0.25, -0.2) is 0 Å². The standard InChI is InChI=1S/C24H44/c1-9-19(6)23-16-24(23)21(8)15-22(10-2)20(7)14-13-18(5)12-11-17(3)4/h9,17-18,20,22-23H,10-16H2,1-8H3. The van der Waals surface area contributed by atoms with Gasteiger partial charge in [0.15, 0.2) is 0 Å². The Kier molecular flexibility index (Phi) is 9.39. The van der Waals surface area contributed by atoms with Crippen molar-refractivity contribution in [2.24, 2.45) is 29.6 Å². The molecule has 1 aliphatic rings. The van der Waals surface area contributed by atoms with Crippen LogP contribution in [-0.4, -0.2) is 0 Å². The zero-order chi connectivity index (χ0) is 18.3. The molecule has 0 radical (unpaired) electrons. The van der Waals surface area contributed by atoms with Crippen molar-refractivity contribution in [2.45, 2.75) is 100 Å². The fraction of sp³-hybridized carbons (Fsp3) is 0.833. The van der Waals surface area contributed by atoms with E-state index in [-0.39, 0.29) is 0 Å². The van der Waals surface area contributed by atoms with Crippen molar-refractivity contribution in [1.29, 1.82) is 0 Å². The average Bonchev–Trinajstić information content (AvgIpc) is 3.35. The third-order valence-electron chi connectivity index (χ3n) is 6.49. The van der Waals surface area contributed by atoms with Crippen LogP contribution in [0, 0.1) is 29.6 Å². The summed E-state index contributed by atoms with van der Waals surface area (Å²) in [4.78, 5) is 0. The zero-order valence-corrected chi connectivity index (χ0v) is 17.9. The first-order valence-electron chi connectivity index (χ1n) is 10.6. The molecule has 0 heteroatoms. The highest BCUT2D eigenvalue weighted by Gasteiger charge is 2.33. The Morgan fingerprint density at radius 2 is 1.67 bits per heavy atom. The third-order valence-corrected chi connectivity index (χ3v) is 6.49. The molecular weight excluding hydrogens is 288 g/mol. The molecule has 1 fully saturated rings. The summed E-state index contributed by atoms with van der Waals surface area (Å²) in [5.41, 5.74) is 5.03. The molecule has 24 heavy (non-hydrogen) atoms. The van der Waals surface area contributed by atoms with E-state index in [1.165, 1.54) is 44.9 Å². The summed E-state index contributed by atoms with van der Waals surface area (Å²) in [6, 6.07) is 0. The van der Waals surface area contributed by atoms with Gasteiger partial charge in [-0.1, -0.05) is 89.5 Å². The molecule has 0 aromatic carbocycles.